The molecule has 161 valence electrons. The van der Waals surface area contributed by atoms with E-state index in [1.54, 1.807) is 0 Å². The Hall–Kier alpha value is -2.62. The van der Waals surface area contributed by atoms with Gasteiger partial charge in [0, 0.05) is 6.54 Å². The van der Waals surface area contributed by atoms with Crippen LogP contribution >= 0.6 is 0 Å². The van der Waals surface area contributed by atoms with E-state index in [0.29, 0.717) is 24.8 Å². The summed E-state index contributed by atoms with van der Waals surface area (Å²) in [5, 5.41) is 3.31. The molecule has 4 aliphatic carbocycles. The molecule has 0 saturated heterocycles. The van der Waals surface area contributed by atoms with Crippen LogP contribution in [0.4, 0.5) is 0 Å². The van der Waals surface area contributed by atoms with Crippen molar-refractivity contribution in [1.82, 2.24) is 5.32 Å². The summed E-state index contributed by atoms with van der Waals surface area (Å²) in [5.74, 6) is 0.677. The predicted octanol–water partition coefficient (Wildman–Crippen LogP) is 4.02. The third-order valence-corrected chi connectivity index (χ3v) is 7.88. The van der Waals surface area contributed by atoms with Crippen molar-refractivity contribution in [3.63, 3.8) is 0 Å². The highest BCUT2D eigenvalue weighted by atomic mass is 16.2. The quantitative estimate of drug-likeness (QED) is 0.717. The lowest BCUT2D eigenvalue weighted by atomic mass is 9.44. The number of nitrogens with two attached hydrogens (primary N) is 1. The van der Waals surface area contributed by atoms with E-state index in [1.807, 2.05) is 48.5 Å². The van der Waals surface area contributed by atoms with Crippen molar-refractivity contribution < 1.29 is 9.59 Å². The molecular formula is C27H31N2O2. The summed E-state index contributed by atoms with van der Waals surface area (Å²) in [6.07, 6.45) is 7.94. The van der Waals surface area contributed by atoms with E-state index in [-0.39, 0.29) is 23.1 Å². The average molecular weight is 416 g/mol. The number of benzene rings is 2. The smallest absolute Gasteiger partial charge is 0.227 e. The van der Waals surface area contributed by atoms with Crippen molar-refractivity contribution in [2.75, 3.05) is 6.54 Å². The molecule has 4 fully saturated rings. The summed E-state index contributed by atoms with van der Waals surface area (Å²) >= 11 is 0. The average Bonchev–Trinajstić information content (AvgIpc) is 2.76. The number of hydrogen-bond donors (Lipinski definition) is 2. The van der Waals surface area contributed by atoms with Crippen molar-refractivity contribution in [2.45, 2.75) is 44.4 Å². The van der Waals surface area contributed by atoms with Gasteiger partial charge >= 0.3 is 0 Å². The zero-order chi connectivity index (χ0) is 21.5. The molecule has 5 atom stereocenters. The molecule has 4 saturated carbocycles. The van der Waals surface area contributed by atoms with E-state index < -0.39 is 5.41 Å². The first-order chi connectivity index (χ1) is 15.0. The van der Waals surface area contributed by atoms with Gasteiger partial charge in [0.2, 0.25) is 11.8 Å². The fraction of sp³-hybridized carbons (Fsp3) is 0.444. The van der Waals surface area contributed by atoms with Gasteiger partial charge in [-0.3, -0.25) is 9.59 Å². The van der Waals surface area contributed by atoms with E-state index >= 15 is 0 Å². The van der Waals surface area contributed by atoms with Crippen LogP contribution in [0.25, 0.3) is 0 Å². The van der Waals surface area contributed by atoms with Gasteiger partial charge in [0.1, 0.15) is 0 Å². The van der Waals surface area contributed by atoms with Gasteiger partial charge in [-0.05, 0) is 73.3 Å². The highest BCUT2D eigenvalue weighted by molar-refractivity contribution is 5.84. The molecule has 2 aromatic rings. The molecule has 4 bridgehead atoms. The molecular weight excluding hydrogens is 384 g/mol. The highest BCUT2D eigenvalue weighted by Crippen LogP contribution is 2.64. The van der Waals surface area contributed by atoms with Crippen LogP contribution in [0.5, 0.6) is 0 Å². The molecule has 5 unspecified atom stereocenters. The topological polar surface area (TPSA) is 72.2 Å². The molecule has 4 nitrogen and oxygen atoms in total. The molecule has 31 heavy (non-hydrogen) atoms. The van der Waals surface area contributed by atoms with Crippen molar-refractivity contribution in [1.29, 1.82) is 0 Å². The molecule has 0 aliphatic heterocycles. The largest absolute Gasteiger partial charge is 0.369 e. The van der Waals surface area contributed by atoms with E-state index in [0.717, 1.165) is 36.8 Å². The minimum Gasteiger partial charge on any atom is -0.369 e. The third-order valence-electron chi connectivity index (χ3n) is 7.88. The Kier molecular flexibility index (Phi) is 5.11. The number of carbonyl (C=O) groups is 2. The zero-order valence-corrected chi connectivity index (χ0v) is 17.9. The first-order valence-electron chi connectivity index (χ1n) is 11.5. The standard InChI is InChI=1S/C27H31N2O2/c28-25(31)27-15-20-11-21(16-27)14-26(13-20,17-27)18-29-24(30)23(22-9-5-2-6-10-22)12-19-7-3-1-4-8-19/h1-10,15,20-21,23H,11-14,16-18H2,(H2,28,31)(H,29,30). The molecule has 0 heterocycles. The maximum absolute atomic E-state index is 13.4. The molecule has 3 N–H and O–H groups in total. The summed E-state index contributed by atoms with van der Waals surface area (Å²) in [6.45, 7) is 0.639. The van der Waals surface area contributed by atoms with Crippen molar-refractivity contribution in [2.24, 2.45) is 28.4 Å². The lowest BCUT2D eigenvalue weighted by Crippen LogP contribution is -2.59. The molecule has 2 amide bonds. The van der Waals surface area contributed by atoms with Gasteiger partial charge in [-0.15, -0.1) is 0 Å². The van der Waals surface area contributed by atoms with Crippen LogP contribution in [-0.2, 0) is 16.0 Å². The Bertz CT molecular complexity index is 942. The Morgan fingerprint density at radius 2 is 1.71 bits per heavy atom. The molecule has 2 aromatic carbocycles. The Morgan fingerprint density at radius 3 is 2.39 bits per heavy atom. The number of carbonyl (C=O) groups excluding carboxylic acids is 2. The van der Waals surface area contributed by atoms with Gasteiger partial charge in [0.25, 0.3) is 0 Å². The lowest BCUT2D eigenvalue weighted by Gasteiger charge is -2.61. The normalized spacial score (nSPS) is 31.9. The maximum Gasteiger partial charge on any atom is 0.227 e. The summed E-state index contributed by atoms with van der Waals surface area (Å²) in [5.41, 5.74) is 7.59. The fourth-order valence-corrected chi connectivity index (χ4v) is 6.88. The lowest BCUT2D eigenvalue weighted by molar-refractivity contribution is -0.142. The Labute approximate surface area is 184 Å². The summed E-state index contributed by atoms with van der Waals surface area (Å²) in [6, 6.07) is 20.2. The van der Waals surface area contributed by atoms with Crippen LogP contribution < -0.4 is 11.1 Å². The second kappa shape index (κ2) is 7.81. The van der Waals surface area contributed by atoms with Gasteiger partial charge in [0.05, 0.1) is 11.3 Å². The first kappa shape index (κ1) is 20.3. The monoisotopic (exact) mass is 415 g/mol. The second-order valence-electron chi connectivity index (χ2n) is 10.2. The molecule has 4 heteroatoms. The Balaban J connectivity index is 1.34. The summed E-state index contributed by atoms with van der Waals surface area (Å²) < 4.78 is 0. The predicted molar refractivity (Wildman–Crippen MR) is 121 cm³/mol. The number of rotatable bonds is 7. The molecule has 0 spiro atoms. The third kappa shape index (κ3) is 3.88. The van der Waals surface area contributed by atoms with Gasteiger partial charge in [-0.25, -0.2) is 0 Å². The number of primary amides is 1. The van der Waals surface area contributed by atoms with E-state index in [1.165, 1.54) is 6.42 Å². The van der Waals surface area contributed by atoms with E-state index in [9.17, 15) is 9.59 Å². The van der Waals surface area contributed by atoms with Gasteiger partial charge < -0.3 is 11.1 Å². The van der Waals surface area contributed by atoms with E-state index in [2.05, 4.69) is 23.9 Å². The molecule has 1 radical (unpaired) electrons. The maximum atomic E-state index is 13.4. The second-order valence-corrected chi connectivity index (χ2v) is 10.2. The van der Waals surface area contributed by atoms with Crippen LogP contribution in [0.2, 0.25) is 0 Å². The zero-order valence-electron chi connectivity index (χ0n) is 17.9. The molecule has 0 aromatic heterocycles. The van der Waals surface area contributed by atoms with Crippen LogP contribution in [0.1, 0.15) is 49.1 Å². The van der Waals surface area contributed by atoms with Crippen LogP contribution in [0, 0.1) is 29.1 Å². The number of hydrogen-bond acceptors (Lipinski definition) is 2. The van der Waals surface area contributed by atoms with Crippen molar-refractivity contribution >= 4 is 11.8 Å². The SMILES string of the molecule is NC(=O)C12[CH]C3CC(CC(CNC(=O)C(Cc4ccccc4)c4ccccc4)(C3)C1)C2. The Morgan fingerprint density at radius 1 is 1.00 bits per heavy atom. The molecule has 6 rings (SSSR count). The minimum atomic E-state index is -0.461. The minimum absolute atomic E-state index is 0.000736. The van der Waals surface area contributed by atoms with Crippen LogP contribution in [-0.4, -0.2) is 18.4 Å². The fourth-order valence-electron chi connectivity index (χ4n) is 6.88. The van der Waals surface area contributed by atoms with Crippen LogP contribution in [0.15, 0.2) is 60.7 Å². The molecule has 4 aliphatic rings. The summed E-state index contributed by atoms with van der Waals surface area (Å²) in [4.78, 5) is 25.8. The van der Waals surface area contributed by atoms with Gasteiger partial charge in [0.15, 0.2) is 0 Å². The van der Waals surface area contributed by atoms with Crippen molar-refractivity contribution in [3.8, 4) is 0 Å². The first-order valence-corrected chi connectivity index (χ1v) is 11.5. The highest BCUT2D eigenvalue weighted by Gasteiger charge is 2.60. The number of amides is 2. The van der Waals surface area contributed by atoms with Gasteiger partial charge in [-0.2, -0.15) is 0 Å². The van der Waals surface area contributed by atoms with Crippen molar-refractivity contribution in [3.05, 3.63) is 78.2 Å². The summed E-state index contributed by atoms with van der Waals surface area (Å²) in [7, 11) is 0. The van der Waals surface area contributed by atoms with E-state index in [4.69, 9.17) is 5.73 Å². The van der Waals surface area contributed by atoms with Crippen LogP contribution in [0.3, 0.4) is 0 Å². The number of nitrogens with one attached hydrogen (secondary N) is 1. The van der Waals surface area contributed by atoms with Gasteiger partial charge in [-0.1, -0.05) is 60.7 Å².